The molecule has 0 saturated heterocycles. The van der Waals surface area contributed by atoms with E-state index in [9.17, 15) is 14.3 Å². The second-order valence-corrected chi connectivity index (χ2v) is 14.0. The van der Waals surface area contributed by atoms with Crippen LogP contribution in [0.5, 0.6) is 0 Å². The van der Waals surface area contributed by atoms with Crippen LogP contribution in [0.25, 0.3) is 0 Å². The van der Waals surface area contributed by atoms with Gasteiger partial charge in [0.15, 0.2) is 0 Å². The predicted octanol–water partition coefficient (Wildman–Crippen LogP) is 8.76. The Morgan fingerprint density at radius 3 is 1.90 bits per heavy atom. The zero-order valence-electron chi connectivity index (χ0n) is 28.0. The molecule has 42 heavy (non-hydrogen) atoms. The van der Waals surface area contributed by atoms with Gasteiger partial charge in [0.1, 0.15) is 19.3 Å². The van der Waals surface area contributed by atoms with E-state index in [-0.39, 0.29) is 25.8 Å². The predicted molar refractivity (Wildman–Crippen MR) is 174 cm³/mol. The Morgan fingerprint density at radius 2 is 1.29 bits per heavy atom. The molecule has 0 radical (unpaired) electrons. The number of esters is 1. The lowest BCUT2D eigenvalue weighted by Gasteiger charge is -2.24. The van der Waals surface area contributed by atoms with Gasteiger partial charge in [-0.1, -0.05) is 109 Å². The maximum Gasteiger partial charge on any atom is 0.472 e. The van der Waals surface area contributed by atoms with Gasteiger partial charge in [-0.2, -0.15) is 0 Å². The minimum atomic E-state index is -4.25. The van der Waals surface area contributed by atoms with Crippen molar-refractivity contribution in [3.8, 4) is 0 Å². The van der Waals surface area contributed by atoms with E-state index in [1.807, 2.05) is 21.1 Å². The van der Waals surface area contributed by atoms with Gasteiger partial charge in [-0.05, 0) is 32.1 Å². The molecule has 2 atom stereocenters. The zero-order valence-corrected chi connectivity index (χ0v) is 28.9. The second-order valence-electron chi connectivity index (χ2n) is 12.5. The summed E-state index contributed by atoms with van der Waals surface area (Å²) in [7, 11) is 1.66. The fraction of sp³-hybridized carbons (Fsp3) is 0.909. The van der Waals surface area contributed by atoms with E-state index >= 15 is 0 Å². The largest absolute Gasteiger partial charge is 0.472 e. The van der Waals surface area contributed by atoms with Gasteiger partial charge in [-0.25, -0.2) is 4.57 Å². The van der Waals surface area contributed by atoms with Crippen molar-refractivity contribution in [2.75, 3.05) is 54.1 Å². The molecular formula is C33H67NO7P+. The third-order valence-electron chi connectivity index (χ3n) is 7.06. The van der Waals surface area contributed by atoms with Crippen molar-refractivity contribution in [2.24, 2.45) is 0 Å². The summed E-state index contributed by atoms with van der Waals surface area (Å²) in [5, 5.41) is 0. The van der Waals surface area contributed by atoms with Gasteiger partial charge < -0.3 is 18.9 Å². The number of hydrogen-bond donors (Lipinski definition) is 1. The Balaban J connectivity index is 4.37. The third kappa shape index (κ3) is 30.7. The highest BCUT2D eigenvalue weighted by atomic mass is 31.2. The number of phosphoric ester groups is 1. The monoisotopic (exact) mass is 620 g/mol. The summed E-state index contributed by atoms with van der Waals surface area (Å²) in [6.45, 7) is 5.53. The molecule has 0 heterocycles. The molecule has 0 rings (SSSR count). The lowest BCUT2D eigenvalue weighted by Crippen LogP contribution is -2.37. The molecule has 0 aliphatic carbocycles. The maximum atomic E-state index is 12.5. The average molecular weight is 621 g/mol. The van der Waals surface area contributed by atoms with E-state index in [1.54, 1.807) is 0 Å². The first-order valence-electron chi connectivity index (χ1n) is 16.9. The quantitative estimate of drug-likeness (QED) is 0.0272. The molecule has 0 saturated carbocycles. The van der Waals surface area contributed by atoms with Crippen LogP contribution < -0.4 is 0 Å². The Labute approximate surface area is 259 Å². The highest BCUT2D eigenvalue weighted by Crippen LogP contribution is 2.43. The highest BCUT2D eigenvalue weighted by Gasteiger charge is 2.26. The van der Waals surface area contributed by atoms with Crippen LogP contribution in [0.15, 0.2) is 12.2 Å². The van der Waals surface area contributed by atoms with Crippen molar-refractivity contribution in [1.29, 1.82) is 0 Å². The normalized spacial score (nSPS) is 14.3. The number of ether oxygens (including phenoxy) is 2. The van der Waals surface area contributed by atoms with Crippen LogP contribution in [0.2, 0.25) is 0 Å². The molecule has 250 valence electrons. The Kier molecular flexibility index (Phi) is 27.3. The number of phosphoric acid groups is 1. The molecule has 2 unspecified atom stereocenters. The fourth-order valence-corrected chi connectivity index (χ4v) is 5.12. The number of carbonyl (C=O) groups excluding carboxylic acids is 1. The standard InChI is InChI=1S/C33H66NO7P/c1-6-8-10-12-14-16-18-20-22-24-26-33(35)41-32(31-40-42(36,37)39-29-27-34(3,4)5)30-38-28-25-23-21-19-17-15-13-11-9-7-2/h10,12,32H,6-9,11,13-31H2,1-5H3/p+1/b12-10-. The van der Waals surface area contributed by atoms with Crippen molar-refractivity contribution in [3.63, 3.8) is 0 Å². The van der Waals surface area contributed by atoms with E-state index in [4.69, 9.17) is 18.5 Å². The van der Waals surface area contributed by atoms with Crippen molar-refractivity contribution in [3.05, 3.63) is 12.2 Å². The average Bonchev–Trinajstić information content (AvgIpc) is 2.92. The zero-order chi connectivity index (χ0) is 31.4. The van der Waals surface area contributed by atoms with Crippen molar-refractivity contribution in [2.45, 2.75) is 142 Å². The minimum absolute atomic E-state index is 0.0893. The Hall–Kier alpha value is -0.760. The van der Waals surface area contributed by atoms with Gasteiger partial charge >= 0.3 is 13.8 Å². The van der Waals surface area contributed by atoms with Gasteiger partial charge in [0.25, 0.3) is 0 Å². The van der Waals surface area contributed by atoms with E-state index in [1.165, 1.54) is 64.2 Å². The Bertz CT molecular complexity index is 696. The molecule has 0 aliphatic heterocycles. The van der Waals surface area contributed by atoms with Crippen molar-refractivity contribution < 1.29 is 37.3 Å². The summed E-state index contributed by atoms with van der Waals surface area (Å²) in [4.78, 5) is 22.6. The number of quaternary nitrogens is 1. The van der Waals surface area contributed by atoms with Gasteiger partial charge in [0.2, 0.25) is 0 Å². The van der Waals surface area contributed by atoms with E-state index < -0.39 is 13.9 Å². The first-order chi connectivity index (χ1) is 20.1. The summed E-state index contributed by atoms with van der Waals surface area (Å²) in [6.07, 6.45) is 25.2. The summed E-state index contributed by atoms with van der Waals surface area (Å²) in [6, 6.07) is 0. The molecule has 0 aromatic rings. The Morgan fingerprint density at radius 1 is 0.714 bits per heavy atom. The molecule has 8 nitrogen and oxygen atoms in total. The van der Waals surface area contributed by atoms with Crippen molar-refractivity contribution in [1.82, 2.24) is 0 Å². The maximum absolute atomic E-state index is 12.5. The molecule has 0 fully saturated rings. The first kappa shape index (κ1) is 41.2. The summed E-state index contributed by atoms with van der Waals surface area (Å²) >= 11 is 0. The molecule has 0 spiro atoms. The molecule has 9 heteroatoms. The molecule has 0 bridgehead atoms. The molecule has 0 aromatic heterocycles. The van der Waals surface area contributed by atoms with Crippen LogP contribution in [0.4, 0.5) is 0 Å². The topological polar surface area (TPSA) is 91.3 Å². The van der Waals surface area contributed by atoms with Gasteiger partial charge in [0, 0.05) is 13.0 Å². The van der Waals surface area contributed by atoms with E-state index in [0.717, 1.165) is 51.4 Å². The third-order valence-corrected chi connectivity index (χ3v) is 8.04. The lowest BCUT2D eigenvalue weighted by atomic mass is 10.1. The van der Waals surface area contributed by atoms with Gasteiger partial charge in [-0.3, -0.25) is 13.8 Å². The lowest BCUT2D eigenvalue weighted by molar-refractivity contribution is -0.870. The smallest absolute Gasteiger partial charge is 0.457 e. The van der Waals surface area contributed by atoms with Crippen molar-refractivity contribution >= 4 is 13.8 Å². The number of unbranched alkanes of at least 4 members (excludes halogenated alkanes) is 15. The van der Waals surface area contributed by atoms with Gasteiger partial charge in [0.05, 0.1) is 34.4 Å². The first-order valence-corrected chi connectivity index (χ1v) is 18.4. The summed E-state index contributed by atoms with van der Waals surface area (Å²) < 4.78 is 34.6. The van der Waals surface area contributed by atoms with E-state index in [2.05, 4.69) is 26.0 Å². The number of carbonyl (C=O) groups is 1. The molecule has 0 amide bonds. The molecule has 1 N–H and O–H groups in total. The number of hydrogen-bond acceptors (Lipinski definition) is 6. The number of likely N-dealkylation sites (N-methyl/N-ethyl adjacent to an activating group) is 1. The summed E-state index contributed by atoms with van der Waals surface area (Å²) in [5.74, 6) is -0.327. The van der Waals surface area contributed by atoms with Crippen LogP contribution in [-0.4, -0.2) is 75.6 Å². The van der Waals surface area contributed by atoms with Crippen LogP contribution in [0, 0.1) is 0 Å². The second kappa shape index (κ2) is 27.8. The highest BCUT2D eigenvalue weighted by molar-refractivity contribution is 7.47. The molecular weight excluding hydrogens is 553 g/mol. The number of allylic oxidation sites excluding steroid dienone is 2. The molecule has 0 aromatic carbocycles. The van der Waals surface area contributed by atoms with E-state index in [0.29, 0.717) is 24.1 Å². The summed E-state index contributed by atoms with van der Waals surface area (Å²) in [5.41, 5.74) is 0. The van der Waals surface area contributed by atoms with Crippen LogP contribution in [0.3, 0.4) is 0 Å². The minimum Gasteiger partial charge on any atom is -0.457 e. The SMILES string of the molecule is CCC/C=C\CCCCCCCC(=O)OC(COCCCCCCCCCCCC)COP(=O)(O)OCC[N+](C)(C)C. The number of nitrogens with zero attached hydrogens (tertiary/aromatic N) is 1. The van der Waals surface area contributed by atoms with Crippen LogP contribution in [-0.2, 0) is 27.9 Å². The molecule has 0 aliphatic rings. The fourth-order valence-electron chi connectivity index (χ4n) is 4.38. The van der Waals surface area contributed by atoms with Crippen LogP contribution >= 0.6 is 7.82 Å². The van der Waals surface area contributed by atoms with Gasteiger partial charge in [-0.15, -0.1) is 0 Å². The van der Waals surface area contributed by atoms with Crippen LogP contribution in [0.1, 0.15) is 136 Å². The number of rotatable bonds is 31.